The Morgan fingerprint density at radius 1 is 1.03 bits per heavy atom. The minimum Gasteiger partial charge on any atom is -0.490 e. The van der Waals surface area contributed by atoms with E-state index in [0.29, 0.717) is 0 Å². The van der Waals surface area contributed by atoms with Crippen molar-refractivity contribution in [2.45, 2.75) is 31.9 Å². The molecule has 1 fully saturated rings. The molecule has 5 nitrogen and oxygen atoms in total. The summed E-state index contributed by atoms with van der Waals surface area (Å²) >= 11 is 0. The zero-order valence-electron chi connectivity index (χ0n) is 47.7. The summed E-state index contributed by atoms with van der Waals surface area (Å²) in [5.41, 5.74) is 0. The van der Waals surface area contributed by atoms with Crippen molar-refractivity contribution in [2.24, 2.45) is 0 Å². The van der Waals surface area contributed by atoms with Crippen molar-refractivity contribution in [1.29, 1.82) is 0 Å². The molecule has 5 rings (SSSR count). The van der Waals surface area contributed by atoms with Gasteiger partial charge in [-0.15, -0.1) is 0 Å². The third-order valence-corrected chi connectivity index (χ3v) is 3.56. The number of aliphatic hydroxyl groups is 1. The third kappa shape index (κ3) is 6.94. The highest BCUT2D eigenvalue weighted by Gasteiger charge is 2.23. The van der Waals surface area contributed by atoms with Crippen LogP contribution in [-0.4, -0.2) is 49.5 Å². The molecule has 0 aliphatic carbocycles. The highest BCUT2D eigenvalue weighted by Crippen LogP contribution is 2.26. The van der Waals surface area contributed by atoms with Crippen molar-refractivity contribution in [3.8, 4) is 11.5 Å². The minimum atomic E-state index is -4.31. The molecule has 2 N–H and O–H groups in total. The molecule has 0 saturated carbocycles. The fraction of sp³-hybridized carbons (Fsp3) is 0.310. The SMILES string of the molecule is [2H]c1c([2H])c([2H])c2c(OC([2H])([2H])C([2H])(O)C([2H])([2H])NC([2H])(C([2H])([2H])[2H])C([2H])([2H])[2H])c([2H])c([2H])c([2H])c2c1[2H].[2H]c1c([2H])c([2H])c2c(OC([2H])([2H])C3([2H])OC3([2H])[2H])c([2H])c([2H])c([2H])c2c1[2H]. The summed E-state index contributed by atoms with van der Waals surface area (Å²) in [6.45, 7) is -21.6. The number of epoxide rings is 1. The molecule has 2 atom stereocenters. The first kappa shape index (κ1) is 6.55. The number of fused-ring (bicyclic) bond motifs is 2. The maximum Gasteiger partial charge on any atom is 0.127 e. The zero-order chi connectivity index (χ0) is 50.9. The average molecular weight is 491 g/mol. The molecule has 2 unspecified atom stereocenters. The number of nitrogens with one attached hydrogen (secondary N) is 1. The van der Waals surface area contributed by atoms with Crippen LogP contribution in [0.15, 0.2) is 84.6 Å². The molecular weight excluding hydrogens is 426 g/mol. The predicted molar refractivity (Wildman–Crippen MR) is 138 cm³/mol. The van der Waals surface area contributed by atoms with Crippen LogP contribution in [0.2, 0.25) is 0 Å². The van der Waals surface area contributed by atoms with E-state index in [4.69, 9.17) is 52.0 Å². The summed E-state index contributed by atoms with van der Waals surface area (Å²) in [6, 6.07) is -15.5. The average Bonchev–Trinajstić information content (AvgIpc) is 3.71. The maximum atomic E-state index is 10.6. The first-order valence-electron chi connectivity index (χ1n) is 24.4. The standard InChI is InChI=1S/C16H21NO2.C13H12O2/c1-12(2)17-10-14(18)11-19-16-9-5-7-13-6-3-4-8-15(13)16;1-2-6-12-10(4-1)5-3-7-13(12)15-9-11-8-14-11/h3-9,12,14,17-18H,10-11H2,1-2H3;1-7,11H,8-9H2/i1D3,2D3,3D,4D,5D,6D,7D,8D,9D,10D2,11D2,12D,14D;1D,2D,3D,4D,5D,6D,7D,8D2,9D2,11D. The van der Waals surface area contributed by atoms with Crippen LogP contribution >= 0.6 is 0 Å². The molecule has 34 heavy (non-hydrogen) atoms. The highest BCUT2D eigenvalue weighted by atomic mass is 16.6. The van der Waals surface area contributed by atoms with Gasteiger partial charge in [-0.1, -0.05) is 86.2 Å². The summed E-state index contributed by atoms with van der Waals surface area (Å²) in [6.07, 6.45) is -7.08. The molecule has 0 bridgehead atoms. The molecule has 4 aromatic carbocycles. The van der Waals surface area contributed by atoms with E-state index in [1.54, 1.807) is 0 Å². The van der Waals surface area contributed by atoms with Gasteiger partial charge in [-0.2, -0.15) is 0 Å². The molecule has 1 aliphatic heterocycles. The lowest BCUT2D eigenvalue weighted by Gasteiger charge is -2.15. The molecule has 5 heteroatoms. The highest BCUT2D eigenvalue weighted by molar-refractivity contribution is 5.88. The molecule has 0 amide bonds. The summed E-state index contributed by atoms with van der Waals surface area (Å²) in [5, 5.41) is 9.36. The van der Waals surface area contributed by atoms with Gasteiger partial charge in [0.05, 0.1) is 36.7 Å². The number of hydrogen-bond acceptors (Lipinski definition) is 5. The van der Waals surface area contributed by atoms with Gasteiger partial charge >= 0.3 is 0 Å². The summed E-state index contributed by atoms with van der Waals surface area (Å²) in [4.78, 5) is 0. The van der Waals surface area contributed by atoms with Gasteiger partial charge in [0.25, 0.3) is 0 Å². The first-order valence-corrected chi connectivity index (χ1v) is 8.95. The Kier molecular flexibility index (Phi) is 2.28. The molecule has 4 aromatic rings. The summed E-state index contributed by atoms with van der Waals surface area (Å²) in [5.74, 6) is -1.98. The van der Waals surface area contributed by atoms with E-state index in [9.17, 15) is 5.11 Å². The second-order valence-electron chi connectivity index (χ2n) is 5.82. The third-order valence-electron chi connectivity index (χ3n) is 3.56. The maximum absolute atomic E-state index is 10.6. The second-order valence-corrected chi connectivity index (χ2v) is 5.82. The van der Waals surface area contributed by atoms with Gasteiger partial charge in [0, 0.05) is 35.6 Å². The van der Waals surface area contributed by atoms with E-state index in [1.807, 2.05) is 0 Å². The van der Waals surface area contributed by atoms with Crippen molar-refractivity contribution >= 4 is 21.5 Å². The van der Waals surface area contributed by atoms with Gasteiger partial charge in [0.15, 0.2) is 0 Å². The van der Waals surface area contributed by atoms with E-state index in [1.165, 1.54) is 5.32 Å². The second kappa shape index (κ2) is 11.8. The molecule has 0 radical (unpaired) electrons. The van der Waals surface area contributed by atoms with Crippen molar-refractivity contribution in [2.75, 3.05) is 26.2 Å². The van der Waals surface area contributed by atoms with Gasteiger partial charge in [0.2, 0.25) is 0 Å². The van der Waals surface area contributed by atoms with Crippen molar-refractivity contribution < 1.29 is 61.8 Å². The lowest BCUT2D eigenvalue weighted by atomic mass is 10.1. The van der Waals surface area contributed by atoms with E-state index in [-0.39, 0.29) is 0 Å². The fourth-order valence-electron chi connectivity index (χ4n) is 2.14. The summed E-state index contributed by atoms with van der Waals surface area (Å²) < 4.78 is 255. The lowest BCUT2D eigenvalue weighted by Crippen LogP contribution is -2.35. The van der Waals surface area contributed by atoms with Gasteiger partial charge < -0.3 is 24.6 Å². The topological polar surface area (TPSA) is 63.2 Å². The van der Waals surface area contributed by atoms with Crippen LogP contribution in [0.25, 0.3) is 21.5 Å². The zero-order valence-corrected chi connectivity index (χ0v) is 16.7. The molecule has 1 saturated heterocycles. The molecule has 178 valence electrons. The molecule has 0 spiro atoms. The van der Waals surface area contributed by atoms with Gasteiger partial charge in [-0.25, -0.2) is 0 Å². The first-order chi connectivity index (χ1) is 28.9. The minimum absolute atomic E-state index is 0.438. The predicted octanol–water partition coefficient (Wildman–Crippen LogP) is 5.19. The Morgan fingerprint density at radius 2 is 1.59 bits per heavy atom. The van der Waals surface area contributed by atoms with E-state index >= 15 is 0 Å². The Labute approximate surface area is 244 Å². The van der Waals surface area contributed by atoms with Gasteiger partial charge in [-0.3, -0.25) is 0 Å². The van der Waals surface area contributed by atoms with E-state index < -0.39 is 176 Å². The van der Waals surface area contributed by atoms with Crippen molar-refractivity contribution in [3.05, 3.63) is 84.6 Å². The number of ether oxygens (including phenoxy) is 3. The Bertz CT molecular complexity index is 2580. The Balaban J connectivity index is 0.000000300. The Morgan fingerprint density at radius 3 is 2.18 bits per heavy atom. The number of benzene rings is 4. The van der Waals surface area contributed by atoms with Crippen LogP contribution in [-0.2, 0) is 4.74 Å². The molecule has 1 heterocycles. The Hall–Kier alpha value is -3.12. The molecular formula is C29H33NO4. The van der Waals surface area contributed by atoms with Crippen LogP contribution in [0.4, 0.5) is 0 Å². The van der Waals surface area contributed by atoms with Crippen LogP contribution < -0.4 is 14.8 Å². The van der Waals surface area contributed by atoms with Crippen LogP contribution in [0, 0.1) is 0 Å². The van der Waals surface area contributed by atoms with Gasteiger partial charge in [0.1, 0.15) is 36.8 Å². The van der Waals surface area contributed by atoms with Crippen LogP contribution in [0.1, 0.15) is 56.2 Å². The monoisotopic (exact) mass is 490 g/mol. The van der Waals surface area contributed by atoms with E-state index in [2.05, 4.69) is 4.74 Å². The number of hydrogen-bond donors (Lipinski definition) is 2. The normalized spacial score (nSPS) is 35.6. The molecule has 0 aromatic heterocycles. The quantitative estimate of drug-likeness (QED) is 0.316. The largest absolute Gasteiger partial charge is 0.490 e. The summed E-state index contributed by atoms with van der Waals surface area (Å²) in [7, 11) is 0. The van der Waals surface area contributed by atoms with Crippen LogP contribution in [0.3, 0.4) is 0 Å². The number of rotatable bonds is 9. The lowest BCUT2D eigenvalue weighted by molar-refractivity contribution is 0.105. The molecule has 1 aliphatic rings. The smallest absolute Gasteiger partial charge is 0.127 e. The van der Waals surface area contributed by atoms with Crippen molar-refractivity contribution in [3.63, 3.8) is 0 Å². The van der Waals surface area contributed by atoms with Crippen LogP contribution in [0.5, 0.6) is 11.5 Å². The van der Waals surface area contributed by atoms with Crippen molar-refractivity contribution in [1.82, 2.24) is 5.32 Å². The van der Waals surface area contributed by atoms with E-state index in [0.717, 1.165) is 0 Å². The fourth-order valence-corrected chi connectivity index (χ4v) is 2.14. The van der Waals surface area contributed by atoms with Gasteiger partial charge in [-0.05, 0) is 22.9 Å².